The number of aromatic hydroxyl groups is 1. The molecule has 7 amide bonds. The molecule has 10 atom stereocenters. The van der Waals surface area contributed by atoms with E-state index in [1.165, 1.54) is 26.1 Å². The highest BCUT2D eigenvalue weighted by molar-refractivity contribution is 5.99. The number of carboxylic acids is 1. The quantitative estimate of drug-likeness (QED) is 0.0708. The van der Waals surface area contributed by atoms with Crippen LogP contribution in [-0.2, 0) is 54.3 Å². The van der Waals surface area contributed by atoms with Crippen molar-refractivity contribution in [2.24, 2.45) is 17.6 Å². The van der Waals surface area contributed by atoms with Crippen LogP contribution in [0.5, 0.6) is 5.75 Å². The van der Waals surface area contributed by atoms with Crippen LogP contribution < -0.4 is 32.3 Å². The molecule has 374 valence electrons. The van der Waals surface area contributed by atoms with E-state index in [1.807, 2.05) is 6.92 Å². The Hall–Kier alpha value is -5.83. The van der Waals surface area contributed by atoms with Crippen LogP contribution >= 0.6 is 0 Å². The number of aliphatic hydroxyl groups is 1. The molecule has 0 radical (unpaired) electrons. The van der Waals surface area contributed by atoms with Crippen molar-refractivity contribution in [3.05, 3.63) is 29.8 Å². The van der Waals surface area contributed by atoms with Gasteiger partial charge < -0.3 is 62.2 Å². The third-order valence-electron chi connectivity index (χ3n) is 12.3. The van der Waals surface area contributed by atoms with Crippen molar-refractivity contribution in [2.45, 2.75) is 173 Å². The summed E-state index contributed by atoms with van der Waals surface area (Å²) in [5, 5.41) is 43.9. The number of cyclic esters (lactones) is 1. The zero-order valence-corrected chi connectivity index (χ0v) is 39.7. The Kier molecular flexibility index (Phi) is 21.9. The predicted octanol–water partition coefficient (Wildman–Crippen LogP) is 0.327. The van der Waals surface area contributed by atoms with E-state index in [1.54, 1.807) is 39.8 Å². The SMILES string of the molecule is CCCCCC(=O)N[C@@H](CC(=O)O)C(=O)N[C@@H]1C(=O)N[C@@H](CCCCN)C(=O)N[C@H]2CC[C@@H](O)N(C2=O)[C@@H]([C@@H](C)CC)C(=O)N(C)[C@@H](Cc2ccc(O)cc2)C(=O)N[C@@H](C(C)C)C(=O)O[C@@H]1C. The van der Waals surface area contributed by atoms with Crippen LogP contribution in [0.1, 0.15) is 118 Å². The van der Waals surface area contributed by atoms with Crippen molar-refractivity contribution in [1.29, 1.82) is 0 Å². The number of phenols is 1. The Bertz CT molecular complexity index is 1900. The summed E-state index contributed by atoms with van der Waals surface area (Å²) < 4.78 is 5.81. The molecule has 0 unspecified atom stereocenters. The van der Waals surface area contributed by atoms with E-state index in [9.17, 15) is 58.5 Å². The number of carbonyl (C=O) groups excluding carboxylic acids is 8. The fourth-order valence-electron chi connectivity index (χ4n) is 8.05. The average Bonchev–Trinajstić information content (AvgIpc) is 3.27. The van der Waals surface area contributed by atoms with Gasteiger partial charge in [0.1, 0.15) is 60.4 Å². The van der Waals surface area contributed by atoms with Crippen molar-refractivity contribution in [2.75, 3.05) is 13.6 Å². The number of aliphatic carboxylic acids is 1. The topological polar surface area (TPSA) is 316 Å². The fraction of sp³-hybridized carbons (Fsp3) is 0.674. The Morgan fingerprint density at radius 2 is 1.57 bits per heavy atom. The van der Waals surface area contributed by atoms with Crippen LogP contribution in [0.25, 0.3) is 0 Å². The minimum absolute atomic E-state index is 0.00464. The number of piperidine rings is 1. The number of benzene rings is 1. The molecule has 67 heavy (non-hydrogen) atoms. The minimum atomic E-state index is -1.83. The van der Waals surface area contributed by atoms with Gasteiger partial charge in [0.05, 0.1) is 6.42 Å². The molecule has 21 nitrogen and oxygen atoms in total. The third-order valence-corrected chi connectivity index (χ3v) is 12.3. The molecular formula is C46H72N8O13. The monoisotopic (exact) mass is 945 g/mol. The number of hydrogen-bond acceptors (Lipinski definition) is 13. The number of nitrogens with one attached hydrogen (secondary N) is 5. The van der Waals surface area contributed by atoms with E-state index in [-0.39, 0.29) is 44.4 Å². The number of carbonyl (C=O) groups is 9. The molecule has 0 spiro atoms. The smallest absolute Gasteiger partial charge is 0.329 e. The average molecular weight is 945 g/mol. The zero-order chi connectivity index (χ0) is 50.1. The van der Waals surface area contributed by atoms with Crippen LogP contribution in [0.4, 0.5) is 0 Å². The van der Waals surface area contributed by atoms with Crippen molar-refractivity contribution in [1.82, 2.24) is 36.4 Å². The van der Waals surface area contributed by atoms with Crippen LogP contribution in [0.2, 0.25) is 0 Å². The van der Waals surface area contributed by atoms with Crippen LogP contribution in [0.3, 0.4) is 0 Å². The van der Waals surface area contributed by atoms with E-state index in [0.29, 0.717) is 37.7 Å². The second kappa shape index (κ2) is 26.5. The number of aliphatic hydroxyl groups excluding tert-OH is 1. The number of nitrogens with two attached hydrogens (primary N) is 1. The van der Waals surface area contributed by atoms with Gasteiger partial charge in [0.15, 0.2) is 0 Å². The van der Waals surface area contributed by atoms with Gasteiger partial charge in [-0.3, -0.25) is 38.4 Å². The van der Waals surface area contributed by atoms with Crippen LogP contribution in [-0.4, -0.2) is 147 Å². The van der Waals surface area contributed by atoms with Gasteiger partial charge in [-0.05, 0) is 81.5 Å². The van der Waals surface area contributed by atoms with Gasteiger partial charge in [-0.15, -0.1) is 0 Å². The second-order valence-corrected chi connectivity index (χ2v) is 17.9. The zero-order valence-electron chi connectivity index (χ0n) is 39.7. The number of unbranched alkanes of at least 4 members (excludes halogenated alkanes) is 3. The van der Waals surface area contributed by atoms with Crippen molar-refractivity contribution in [3.8, 4) is 5.75 Å². The standard InChI is InChI=1S/C46H72N8O13/c1-8-10-11-15-34(56)48-32(24-36(58)59)41(61)52-38-27(6)67-46(66)37(25(3)4)51-42(62)33(23-28-16-18-29(55)19-17-28)53(7)45(65)39(26(5)9-2)54-35(57)21-20-31(44(54)64)50-40(60)30(49-43(38)63)14-12-13-22-47/h16-19,25-27,30-33,35,37-39,55,57H,8-15,20-24,47H2,1-7H3,(H,48,56)(H,49,63)(H,50,60)(H,51,62)(H,52,61)(H,58,59)/t26-,27+,30-,31-,32-,33-,35+,37-,38-,39-/m0/s1. The Morgan fingerprint density at radius 3 is 2.16 bits per heavy atom. The normalized spacial score (nSPS) is 25.6. The van der Waals surface area contributed by atoms with Crippen molar-refractivity contribution < 1.29 is 63.2 Å². The van der Waals surface area contributed by atoms with Crippen LogP contribution in [0.15, 0.2) is 24.3 Å². The molecule has 0 saturated carbocycles. The number of carboxylic acid groups (broad SMARTS) is 1. The highest BCUT2D eigenvalue weighted by Gasteiger charge is 2.47. The number of rotatable bonds is 18. The maximum atomic E-state index is 14.8. The molecule has 10 N–H and O–H groups in total. The summed E-state index contributed by atoms with van der Waals surface area (Å²) in [7, 11) is 1.36. The molecule has 2 heterocycles. The summed E-state index contributed by atoms with van der Waals surface area (Å²) >= 11 is 0. The lowest BCUT2D eigenvalue weighted by Crippen LogP contribution is -2.66. The fourth-order valence-corrected chi connectivity index (χ4v) is 8.05. The molecule has 2 aliphatic rings. The maximum Gasteiger partial charge on any atom is 0.329 e. The molecule has 2 fully saturated rings. The second-order valence-electron chi connectivity index (χ2n) is 17.9. The highest BCUT2D eigenvalue weighted by Crippen LogP contribution is 2.28. The van der Waals surface area contributed by atoms with Gasteiger partial charge in [-0.1, -0.05) is 66.0 Å². The summed E-state index contributed by atoms with van der Waals surface area (Å²) in [5.41, 5.74) is 6.25. The lowest BCUT2D eigenvalue weighted by atomic mass is 9.91. The Labute approximate surface area is 392 Å². The first-order valence-electron chi connectivity index (χ1n) is 23.3. The van der Waals surface area contributed by atoms with Gasteiger partial charge in [0.2, 0.25) is 41.4 Å². The van der Waals surface area contributed by atoms with Gasteiger partial charge in [-0.2, -0.15) is 0 Å². The van der Waals surface area contributed by atoms with Gasteiger partial charge in [0, 0.05) is 19.9 Å². The van der Waals surface area contributed by atoms with E-state index < -0.39 is 126 Å². The number of phenolic OH excluding ortho intramolecular Hbond substituents is 1. The molecule has 2 bridgehead atoms. The molecule has 0 aromatic heterocycles. The number of likely N-dealkylation sites (N-methyl/N-ethyl adjacent to an activating group) is 1. The molecule has 2 aliphatic heterocycles. The summed E-state index contributed by atoms with van der Waals surface area (Å²) in [6.07, 6.45) is -1.14. The molecule has 1 aromatic carbocycles. The molecule has 1 aromatic rings. The number of hydrogen-bond donors (Lipinski definition) is 9. The molecule has 2 saturated heterocycles. The van der Waals surface area contributed by atoms with E-state index >= 15 is 0 Å². The van der Waals surface area contributed by atoms with E-state index in [2.05, 4.69) is 26.6 Å². The number of amides is 7. The van der Waals surface area contributed by atoms with Gasteiger partial charge in [0.25, 0.3) is 0 Å². The van der Waals surface area contributed by atoms with Gasteiger partial charge >= 0.3 is 11.9 Å². The number of nitrogens with zero attached hydrogens (tertiary/aromatic N) is 2. The molecular weight excluding hydrogens is 873 g/mol. The number of ether oxygens (including phenoxy) is 1. The lowest BCUT2D eigenvalue weighted by Gasteiger charge is -2.44. The summed E-state index contributed by atoms with van der Waals surface area (Å²) in [6.45, 7) is 10.1. The first kappa shape index (κ1) is 55.5. The number of esters is 1. The van der Waals surface area contributed by atoms with Gasteiger partial charge in [-0.25, -0.2) is 4.79 Å². The predicted molar refractivity (Wildman–Crippen MR) is 243 cm³/mol. The molecule has 21 heteroatoms. The number of fused-ring (bicyclic) bond motifs is 2. The minimum Gasteiger partial charge on any atom is -0.508 e. The summed E-state index contributed by atoms with van der Waals surface area (Å²) in [5.74, 6) is -9.77. The Balaban J connectivity index is 2.22. The first-order valence-corrected chi connectivity index (χ1v) is 23.3. The van der Waals surface area contributed by atoms with Crippen molar-refractivity contribution in [3.63, 3.8) is 0 Å². The van der Waals surface area contributed by atoms with Crippen molar-refractivity contribution >= 4 is 53.3 Å². The maximum absolute atomic E-state index is 14.8. The third kappa shape index (κ3) is 15.9. The van der Waals surface area contributed by atoms with Crippen LogP contribution in [0, 0.1) is 11.8 Å². The summed E-state index contributed by atoms with van der Waals surface area (Å²) in [4.78, 5) is 127. The molecule has 3 rings (SSSR count). The van der Waals surface area contributed by atoms with E-state index in [0.717, 1.165) is 16.2 Å². The largest absolute Gasteiger partial charge is 0.508 e. The Morgan fingerprint density at radius 1 is 0.896 bits per heavy atom. The summed E-state index contributed by atoms with van der Waals surface area (Å²) in [6, 6.07) is -4.42. The highest BCUT2D eigenvalue weighted by atomic mass is 16.5. The lowest BCUT2D eigenvalue weighted by molar-refractivity contribution is -0.168. The first-order chi connectivity index (χ1) is 31.6. The molecule has 0 aliphatic carbocycles. The van der Waals surface area contributed by atoms with E-state index in [4.69, 9.17) is 10.5 Å².